The number of aliphatic hydroxyl groups is 1. The van der Waals surface area contributed by atoms with Crippen LogP contribution < -0.4 is 5.32 Å². The van der Waals surface area contributed by atoms with Crippen molar-refractivity contribution in [3.63, 3.8) is 0 Å². The maximum absolute atomic E-state index is 8.30. The van der Waals surface area contributed by atoms with E-state index < -0.39 is 15.1 Å². The van der Waals surface area contributed by atoms with E-state index in [0.29, 0.717) is 0 Å². The Hall–Kier alpha value is 1.12. The quantitative estimate of drug-likeness (QED) is 0.578. The van der Waals surface area contributed by atoms with Gasteiger partial charge in [-0.05, 0) is 13.0 Å². The van der Waals surface area contributed by atoms with Gasteiger partial charge in [-0.1, -0.05) is 13.3 Å². The fourth-order valence-electron chi connectivity index (χ4n) is 0.506. The molecule has 0 fully saturated rings. The first-order chi connectivity index (χ1) is 5.33. The molecule has 2 nitrogen and oxygen atoms in total. The number of halogens is 2. The molecule has 0 rings (SSSR count). The Balaban J connectivity index is 0. The second-order valence-electron chi connectivity index (χ2n) is 1.93. The molecule has 0 aliphatic carbocycles. The fourth-order valence-corrected chi connectivity index (χ4v) is 0.506. The first kappa shape index (κ1) is 14.6. The molecular weight excluding hydrogens is 238 g/mol. The molecule has 0 bridgehead atoms. The van der Waals surface area contributed by atoms with Crippen LogP contribution in [0.2, 0.25) is 0 Å². The van der Waals surface area contributed by atoms with Crippen LogP contribution in [0.4, 0.5) is 0 Å². The van der Waals surface area contributed by atoms with Gasteiger partial charge in [-0.2, -0.15) is 0 Å². The van der Waals surface area contributed by atoms with E-state index in [0.717, 1.165) is 13.1 Å². The van der Waals surface area contributed by atoms with Gasteiger partial charge in [-0.25, -0.2) is 0 Å². The van der Waals surface area contributed by atoms with Gasteiger partial charge < -0.3 is 10.4 Å². The third-order valence-electron chi connectivity index (χ3n) is 0.996. The number of hydrogen-bond donors (Lipinski definition) is 2. The molecular formula is C6H15Cl2NOZn. The first-order valence-electron chi connectivity index (χ1n) is 3.76. The second-order valence-corrected chi connectivity index (χ2v) is 6.55. The van der Waals surface area contributed by atoms with Gasteiger partial charge >= 0.3 is 34.5 Å². The van der Waals surface area contributed by atoms with E-state index >= 15 is 0 Å². The fraction of sp³-hybridized carbons (Fsp3) is 1.00. The van der Waals surface area contributed by atoms with Crippen LogP contribution in [-0.4, -0.2) is 24.8 Å². The third-order valence-corrected chi connectivity index (χ3v) is 0.996. The number of aliphatic hydroxyl groups excluding tert-OH is 1. The van der Waals surface area contributed by atoms with Gasteiger partial charge in [0, 0.05) is 6.54 Å². The summed E-state index contributed by atoms with van der Waals surface area (Å²) in [6, 6.07) is 0. The summed E-state index contributed by atoms with van der Waals surface area (Å²) >= 11 is -0.931. The van der Waals surface area contributed by atoms with Crippen molar-refractivity contribution in [1.29, 1.82) is 0 Å². The van der Waals surface area contributed by atoms with Crippen LogP contribution in [0.1, 0.15) is 19.8 Å². The summed E-state index contributed by atoms with van der Waals surface area (Å²) in [5, 5.41) is 11.4. The summed E-state index contributed by atoms with van der Waals surface area (Å²) < 4.78 is 0. The zero-order chi connectivity index (χ0) is 8.95. The van der Waals surface area contributed by atoms with Gasteiger partial charge in [-0.15, -0.1) is 0 Å². The minimum absolute atomic E-state index is 0.254. The molecule has 0 aromatic carbocycles. The van der Waals surface area contributed by atoms with Crippen LogP contribution in [0.25, 0.3) is 0 Å². The molecule has 2 N–H and O–H groups in total. The predicted octanol–water partition coefficient (Wildman–Crippen LogP) is 1.74. The summed E-state index contributed by atoms with van der Waals surface area (Å²) in [6.07, 6.45) is 2.43. The van der Waals surface area contributed by atoms with Crippen molar-refractivity contribution in [2.75, 3.05) is 19.7 Å². The zero-order valence-corrected chi connectivity index (χ0v) is 11.4. The molecule has 0 aliphatic heterocycles. The Morgan fingerprint density at radius 2 is 1.91 bits per heavy atom. The van der Waals surface area contributed by atoms with Gasteiger partial charge in [0.1, 0.15) is 0 Å². The average Bonchev–Trinajstić information content (AvgIpc) is 2.00. The van der Waals surface area contributed by atoms with Crippen LogP contribution in [0, 0.1) is 0 Å². The number of hydrogen-bond acceptors (Lipinski definition) is 2. The standard InChI is InChI=1S/C6H15NO.2ClH.Zn/c1-2-3-4-7-5-6-8;;;/h7-8H,2-6H2,1H3;2*1H;/q;;;+2/p-2. The van der Waals surface area contributed by atoms with Crippen molar-refractivity contribution in [2.45, 2.75) is 19.8 Å². The van der Waals surface area contributed by atoms with E-state index in [1.807, 2.05) is 0 Å². The van der Waals surface area contributed by atoms with Gasteiger partial charge in [0.15, 0.2) is 0 Å². The van der Waals surface area contributed by atoms with E-state index in [-0.39, 0.29) is 6.61 Å². The van der Waals surface area contributed by atoms with Crippen LogP contribution >= 0.6 is 19.4 Å². The van der Waals surface area contributed by atoms with Crippen molar-refractivity contribution in [2.24, 2.45) is 0 Å². The molecule has 0 spiro atoms. The maximum atomic E-state index is 8.30. The number of rotatable bonds is 5. The number of unbranched alkanes of at least 4 members (excludes halogenated alkanes) is 1. The topological polar surface area (TPSA) is 32.3 Å². The van der Waals surface area contributed by atoms with Crippen LogP contribution in [0.3, 0.4) is 0 Å². The Kier molecular flexibility index (Phi) is 23.0. The van der Waals surface area contributed by atoms with Crippen molar-refractivity contribution in [1.82, 2.24) is 5.32 Å². The normalized spacial score (nSPS) is 8.00. The predicted molar refractivity (Wildman–Crippen MR) is 46.6 cm³/mol. The minimum atomic E-state index is -0.931. The summed E-state index contributed by atoms with van der Waals surface area (Å²) in [4.78, 5) is 0. The SMILES string of the molecule is CCCCNCCO.[Cl][Zn][Cl]. The molecule has 0 aromatic rings. The first-order valence-corrected chi connectivity index (χ1v) is 11.6. The van der Waals surface area contributed by atoms with Crippen LogP contribution in [0.15, 0.2) is 0 Å². The second kappa shape index (κ2) is 17.3. The van der Waals surface area contributed by atoms with E-state index in [1.165, 1.54) is 12.8 Å². The zero-order valence-electron chi connectivity index (χ0n) is 6.95. The molecule has 0 amide bonds. The molecule has 66 valence electrons. The molecule has 5 heteroatoms. The average molecular weight is 253 g/mol. The monoisotopic (exact) mass is 251 g/mol. The number of nitrogens with one attached hydrogen (secondary N) is 1. The molecule has 0 atom stereocenters. The van der Waals surface area contributed by atoms with Gasteiger partial charge in [0.25, 0.3) is 0 Å². The third kappa shape index (κ3) is 24.7. The molecule has 0 radical (unpaired) electrons. The Labute approximate surface area is 84.3 Å². The van der Waals surface area contributed by atoms with Crippen molar-refractivity contribution >= 4 is 19.4 Å². The summed E-state index contributed by atoms with van der Waals surface area (Å²) in [7, 11) is 9.90. The Bertz CT molecular complexity index is 53.8. The Morgan fingerprint density at radius 1 is 1.36 bits per heavy atom. The van der Waals surface area contributed by atoms with E-state index in [2.05, 4.69) is 12.2 Å². The molecule has 0 saturated heterocycles. The van der Waals surface area contributed by atoms with Crippen molar-refractivity contribution in [3.8, 4) is 0 Å². The molecule has 0 heterocycles. The van der Waals surface area contributed by atoms with Gasteiger partial charge in [-0.3, -0.25) is 0 Å². The van der Waals surface area contributed by atoms with E-state index in [1.54, 1.807) is 0 Å². The van der Waals surface area contributed by atoms with Crippen LogP contribution in [-0.2, 0) is 15.1 Å². The summed E-state index contributed by atoms with van der Waals surface area (Å²) in [5.74, 6) is 0. The van der Waals surface area contributed by atoms with Crippen molar-refractivity contribution in [3.05, 3.63) is 0 Å². The molecule has 0 aliphatic rings. The van der Waals surface area contributed by atoms with E-state index in [4.69, 9.17) is 24.5 Å². The molecule has 0 unspecified atom stereocenters. The van der Waals surface area contributed by atoms with Crippen LogP contribution in [0.5, 0.6) is 0 Å². The molecule has 11 heavy (non-hydrogen) atoms. The Morgan fingerprint density at radius 3 is 2.27 bits per heavy atom. The molecule has 0 saturated carbocycles. The van der Waals surface area contributed by atoms with Crippen molar-refractivity contribution < 1.29 is 20.3 Å². The van der Waals surface area contributed by atoms with Gasteiger partial charge in [0.05, 0.1) is 6.61 Å². The van der Waals surface area contributed by atoms with Gasteiger partial charge in [0.2, 0.25) is 0 Å². The van der Waals surface area contributed by atoms with E-state index in [9.17, 15) is 0 Å². The summed E-state index contributed by atoms with van der Waals surface area (Å²) in [6.45, 7) is 4.18. The molecule has 0 aromatic heterocycles. The summed E-state index contributed by atoms with van der Waals surface area (Å²) in [5.41, 5.74) is 0.